The standard InChI is InChI=1S/C12H20O13.Fe/c13-3-4(14)7(18)8(19)9(20)10(21)25-6(17)2-12(24,11(22)23)1-5(15)16;/h4,7-10,13-14,18-21,24H,1-3H2,(H,15,16)(H,22,23);/t4-,7-,8+,9-,10?,12?;/m1./s1. The fraction of sp³-hybridized carbons (Fsp3) is 0.750. The number of carbonyl (C=O) groups is 3. The molecule has 26 heavy (non-hydrogen) atoms. The number of esters is 1. The van der Waals surface area contributed by atoms with E-state index in [0.29, 0.717) is 0 Å². The van der Waals surface area contributed by atoms with E-state index in [9.17, 15) is 39.9 Å². The number of carbonyl (C=O) groups excluding carboxylic acids is 1. The van der Waals surface area contributed by atoms with E-state index in [-0.39, 0.29) is 17.1 Å². The monoisotopic (exact) mass is 428 g/mol. The Morgan fingerprint density at radius 2 is 1.38 bits per heavy atom. The maximum Gasteiger partial charge on any atom is 0.336 e. The topological polar surface area (TPSA) is 243 Å². The van der Waals surface area contributed by atoms with E-state index in [1.54, 1.807) is 0 Å². The summed E-state index contributed by atoms with van der Waals surface area (Å²) in [5.41, 5.74) is -3.04. The van der Waals surface area contributed by atoms with Crippen LogP contribution in [0.2, 0.25) is 0 Å². The SMILES string of the molecule is O=C(O)CC(O)(CC(=O)OC(O)[C@H](O)[C@@H](O)[C@H](O)[C@H](O)CO)C(=O)O.[Fe]. The van der Waals surface area contributed by atoms with E-state index >= 15 is 0 Å². The van der Waals surface area contributed by atoms with Crippen LogP contribution in [0.3, 0.4) is 0 Å². The van der Waals surface area contributed by atoms with Gasteiger partial charge < -0.3 is 50.7 Å². The van der Waals surface area contributed by atoms with Crippen molar-refractivity contribution < 1.29 is 82.1 Å². The first-order valence-electron chi connectivity index (χ1n) is 6.74. The zero-order chi connectivity index (χ0) is 19.9. The van der Waals surface area contributed by atoms with Gasteiger partial charge in [0, 0.05) is 17.1 Å². The molecule has 154 valence electrons. The smallest absolute Gasteiger partial charge is 0.336 e. The fourth-order valence-corrected chi connectivity index (χ4v) is 1.66. The maximum absolute atomic E-state index is 11.5. The van der Waals surface area contributed by atoms with Gasteiger partial charge in [0.2, 0.25) is 6.29 Å². The normalized spacial score (nSPS) is 19.0. The van der Waals surface area contributed by atoms with Crippen molar-refractivity contribution in [3.8, 4) is 0 Å². The molecule has 0 rings (SSSR count). The summed E-state index contributed by atoms with van der Waals surface area (Å²) in [6.45, 7) is -0.998. The summed E-state index contributed by atoms with van der Waals surface area (Å²) in [6, 6.07) is 0. The summed E-state index contributed by atoms with van der Waals surface area (Å²) in [5, 5.41) is 82.3. The molecular formula is C12H20FeO13. The minimum Gasteiger partial charge on any atom is -0.481 e. The third-order valence-electron chi connectivity index (χ3n) is 3.10. The number of hydrogen-bond donors (Lipinski definition) is 9. The maximum atomic E-state index is 11.5. The first-order chi connectivity index (χ1) is 11.4. The average Bonchev–Trinajstić information content (AvgIpc) is 2.50. The van der Waals surface area contributed by atoms with Crippen LogP contribution in [0.1, 0.15) is 12.8 Å². The van der Waals surface area contributed by atoms with Crippen molar-refractivity contribution in [1.82, 2.24) is 0 Å². The predicted molar refractivity (Wildman–Crippen MR) is 72.7 cm³/mol. The third-order valence-corrected chi connectivity index (χ3v) is 3.10. The van der Waals surface area contributed by atoms with E-state index < -0.39 is 73.7 Å². The van der Waals surface area contributed by atoms with E-state index in [0.717, 1.165) is 0 Å². The summed E-state index contributed by atoms with van der Waals surface area (Å²) in [6.07, 6.45) is -14.0. The Kier molecular flexibility index (Phi) is 11.8. The van der Waals surface area contributed by atoms with Crippen LogP contribution in [-0.2, 0) is 36.2 Å². The molecule has 0 radical (unpaired) electrons. The minimum absolute atomic E-state index is 0. The molecule has 0 aliphatic carbocycles. The molecule has 2 unspecified atom stereocenters. The van der Waals surface area contributed by atoms with Crippen LogP contribution in [0.25, 0.3) is 0 Å². The van der Waals surface area contributed by atoms with Crippen molar-refractivity contribution >= 4 is 17.9 Å². The molecule has 0 amide bonds. The van der Waals surface area contributed by atoms with Crippen LogP contribution < -0.4 is 0 Å². The van der Waals surface area contributed by atoms with Crippen LogP contribution in [-0.4, -0.2) is 107 Å². The molecule has 0 spiro atoms. The number of aliphatic hydroxyl groups is 7. The summed E-state index contributed by atoms with van der Waals surface area (Å²) in [4.78, 5) is 32.9. The molecule has 13 nitrogen and oxygen atoms in total. The van der Waals surface area contributed by atoms with Gasteiger partial charge in [0.15, 0.2) is 5.60 Å². The molecule has 0 saturated carbocycles. The predicted octanol–water partition coefficient (Wildman–Crippen LogP) is -5.04. The second-order valence-corrected chi connectivity index (χ2v) is 5.19. The number of carboxylic acids is 2. The molecule has 0 fully saturated rings. The molecule has 0 bridgehead atoms. The summed E-state index contributed by atoms with van der Waals surface area (Å²) in [5.74, 6) is -5.43. The number of hydrogen-bond acceptors (Lipinski definition) is 11. The van der Waals surface area contributed by atoms with Gasteiger partial charge in [-0.05, 0) is 0 Å². The average molecular weight is 428 g/mol. The zero-order valence-electron chi connectivity index (χ0n) is 13.0. The number of aliphatic hydroxyl groups excluding tert-OH is 6. The second-order valence-electron chi connectivity index (χ2n) is 5.19. The third kappa shape index (κ3) is 7.90. The fourth-order valence-electron chi connectivity index (χ4n) is 1.66. The molecule has 6 atom stereocenters. The van der Waals surface area contributed by atoms with Crippen molar-refractivity contribution in [3.63, 3.8) is 0 Å². The molecule has 9 N–H and O–H groups in total. The number of aliphatic carboxylic acids is 2. The first kappa shape index (κ1) is 26.9. The Labute approximate surface area is 156 Å². The van der Waals surface area contributed by atoms with Gasteiger partial charge >= 0.3 is 17.9 Å². The van der Waals surface area contributed by atoms with Crippen molar-refractivity contribution in [2.75, 3.05) is 6.61 Å². The molecule has 0 aromatic rings. The number of ether oxygens (including phenoxy) is 1. The molecular weight excluding hydrogens is 408 g/mol. The van der Waals surface area contributed by atoms with Gasteiger partial charge in [-0.1, -0.05) is 0 Å². The zero-order valence-corrected chi connectivity index (χ0v) is 14.1. The number of carboxylic acid groups (broad SMARTS) is 2. The van der Waals surface area contributed by atoms with Crippen molar-refractivity contribution in [1.29, 1.82) is 0 Å². The summed E-state index contributed by atoms with van der Waals surface area (Å²) < 4.78 is 4.16. The van der Waals surface area contributed by atoms with Crippen LogP contribution >= 0.6 is 0 Å². The molecule has 14 heteroatoms. The van der Waals surface area contributed by atoms with Gasteiger partial charge in [0.1, 0.15) is 24.4 Å². The van der Waals surface area contributed by atoms with Gasteiger partial charge in [-0.15, -0.1) is 0 Å². The van der Waals surface area contributed by atoms with Gasteiger partial charge in [-0.25, -0.2) is 4.79 Å². The summed E-state index contributed by atoms with van der Waals surface area (Å²) in [7, 11) is 0. The molecule has 0 aliphatic heterocycles. The Morgan fingerprint density at radius 3 is 1.77 bits per heavy atom. The van der Waals surface area contributed by atoms with Crippen LogP contribution in [0, 0.1) is 0 Å². The Bertz CT molecular complexity index is 486. The largest absolute Gasteiger partial charge is 0.481 e. The van der Waals surface area contributed by atoms with Crippen molar-refractivity contribution in [3.05, 3.63) is 0 Å². The van der Waals surface area contributed by atoms with Crippen LogP contribution in [0.5, 0.6) is 0 Å². The van der Waals surface area contributed by atoms with Gasteiger partial charge in [-0.3, -0.25) is 9.59 Å². The van der Waals surface area contributed by atoms with E-state index in [4.69, 9.17) is 20.4 Å². The van der Waals surface area contributed by atoms with Gasteiger partial charge in [-0.2, -0.15) is 0 Å². The van der Waals surface area contributed by atoms with Crippen molar-refractivity contribution in [2.24, 2.45) is 0 Å². The van der Waals surface area contributed by atoms with Crippen molar-refractivity contribution in [2.45, 2.75) is 49.1 Å². The Morgan fingerprint density at radius 1 is 0.885 bits per heavy atom. The molecule has 0 saturated heterocycles. The first-order valence-corrected chi connectivity index (χ1v) is 6.74. The molecule has 0 aliphatic rings. The molecule has 0 aromatic heterocycles. The minimum atomic E-state index is -3.04. The second kappa shape index (κ2) is 11.4. The van der Waals surface area contributed by atoms with E-state index in [1.807, 2.05) is 0 Å². The molecule has 0 heterocycles. The van der Waals surface area contributed by atoms with Crippen LogP contribution in [0.4, 0.5) is 0 Å². The Balaban J connectivity index is 0. The van der Waals surface area contributed by atoms with E-state index in [2.05, 4.69) is 4.74 Å². The Hall–Kier alpha value is -1.35. The van der Waals surface area contributed by atoms with Gasteiger partial charge in [0.05, 0.1) is 19.4 Å². The van der Waals surface area contributed by atoms with E-state index in [1.165, 1.54) is 0 Å². The number of rotatable bonds is 11. The molecule has 0 aromatic carbocycles. The van der Waals surface area contributed by atoms with Gasteiger partial charge in [0.25, 0.3) is 0 Å². The van der Waals surface area contributed by atoms with Crippen LogP contribution in [0.15, 0.2) is 0 Å². The summed E-state index contributed by atoms with van der Waals surface area (Å²) >= 11 is 0. The quantitative estimate of drug-likeness (QED) is 0.0851.